The number of carboxylic acids is 2. The third kappa shape index (κ3) is 2.48. The third-order valence-electron chi connectivity index (χ3n) is 2.28. The molecule has 1 aliphatic carbocycles. The molecule has 6 heteroatoms. The number of aliphatic carboxylic acids is 2. The molecule has 0 unspecified atom stereocenters. The van der Waals surface area contributed by atoms with Crippen LogP contribution in [0.3, 0.4) is 0 Å². The molecule has 1 saturated carbocycles. The van der Waals surface area contributed by atoms with Crippen LogP contribution >= 0.6 is 24.8 Å². The standard InChI is InChI=1S/C7H10O4.2ClH/c8-5(9)7(6(10)11)3-1-2-4-7;;/h1-4H2,(H,8,9)(H,10,11);2*1H. The van der Waals surface area contributed by atoms with Gasteiger partial charge in [-0.25, -0.2) is 0 Å². The quantitative estimate of drug-likeness (QED) is 0.707. The Kier molecular flexibility index (Phi) is 6.11. The zero-order chi connectivity index (χ0) is 8.48. The van der Waals surface area contributed by atoms with Crippen molar-refractivity contribution in [3.63, 3.8) is 0 Å². The molecule has 0 aromatic heterocycles. The Hall–Kier alpha value is -0.480. The van der Waals surface area contributed by atoms with Crippen LogP contribution in [-0.4, -0.2) is 22.2 Å². The van der Waals surface area contributed by atoms with Crippen molar-refractivity contribution in [2.24, 2.45) is 5.41 Å². The van der Waals surface area contributed by atoms with E-state index in [0.717, 1.165) is 0 Å². The Balaban J connectivity index is 0. The minimum Gasteiger partial charge on any atom is -0.480 e. The molecule has 2 N–H and O–H groups in total. The third-order valence-corrected chi connectivity index (χ3v) is 2.28. The van der Waals surface area contributed by atoms with Crippen LogP contribution in [0.5, 0.6) is 0 Å². The van der Waals surface area contributed by atoms with E-state index in [1.165, 1.54) is 0 Å². The zero-order valence-corrected chi connectivity index (χ0v) is 8.49. The van der Waals surface area contributed by atoms with Crippen molar-refractivity contribution in [3.05, 3.63) is 0 Å². The zero-order valence-electron chi connectivity index (χ0n) is 6.86. The average Bonchev–Trinajstić information content (AvgIpc) is 2.34. The highest BCUT2D eigenvalue weighted by Crippen LogP contribution is 2.38. The Morgan fingerprint density at radius 1 is 0.923 bits per heavy atom. The minimum atomic E-state index is -1.47. The molecule has 78 valence electrons. The average molecular weight is 231 g/mol. The monoisotopic (exact) mass is 230 g/mol. The topological polar surface area (TPSA) is 74.6 Å². The summed E-state index contributed by atoms with van der Waals surface area (Å²) in [7, 11) is 0. The molecule has 0 aliphatic heterocycles. The van der Waals surface area contributed by atoms with E-state index < -0.39 is 17.4 Å². The number of hydrogen-bond acceptors (Lipinski definition) is 2. The highest BCUT2D eigenvalue weighted by Gasteiger charge is 2.48. The van der Waals surface area contributed by atoms with E-state index in [2.05, 4.69) is 0 Å². The van der Waals surface area contributed by atoms with Gasteiger partial charge in [-0.15, -0.1) is 24.8 Å². The molecule has 1 rings (SSSR count). The van der Waals surface area contributed by atoms with Gasteiger partial charge in [0.2, 0.25) is 0 Å². The summed E-state index contributed by atoms with van der Waals surface area (Å²) in [5.74, 6) is -2.38. The molecule has 0 atom stereocenters. The first kappa shape index (κ1) is 15.0. The van der Waals surface area contributed by atoms with Crippen LogP contribution in [0.15, 0.2) is 0 Å². The number of carboxylic acid groups (broad SMARTS) is 2. The van der Waals surface area contributed by atoms with Crippen LogP contribution in [0.4, 0.5) is 0 Å². The Morgan fingerprint density at radius 2 is 1.23 bits per heavy atom. The Bertz CT molecular complexity index is 183. The van der Waals surface area contributed by atoms with E-state index >= 15 is 0 Å². The van der Waals surface area contributed by atoms with Crippen LogP contribution in [-0.2, 0) is 9.59 Å². The number of rotatable bonds is 2. The summed E-state index contributed by atoms with van der Waals surface area (Å²) < 4.78 is 0. The van der Waals surface area contributed by atoms with Gasteiger partial charge < -0.3 is 10.2 Å². The molecular weight excluding hydrogens is 219 g/mol. The van der Waals surface area contributed by atoms with Gasteiger partial charge in [0.25, 0.3) is 0 Å². The highest BCUT2D eigenvalue weighted by molar-refractivity contribution is 5.98. The summed E-state index contributed by atoms with van der Waals surface area (Å²) >= 11 is 0. The van der Waals surface area contributed by atoms with Crippen molar-refractivity contribution in [1.82, 2.24) is 0 Å². The van der Waals surface area contributed by atoms with Crippen LogP contribution < -0.4 is 0 Å². The summed E-state index contributed by atoms with van der Waals surface area (Å²) in [6.45, 7) is 0. The largest absolute Gasteiger partial charge is 0.480 e. The van der Waals surface area contributed by atoms with Gasteiger partial charge in [-0.05, 0) is 12.8 Å². The van der Waals surface area contributed by atoms with Crippen LogP contribution in [0.25, 0.3) is 0 Å². The maximum atomic E-state index is 10.6. The van der Waals surface area contributed by atoms with Crippen molar-refractivity contribution in [2.45, 2.75) is 25.7 Å². The molecule has 0 aromatic rings. The lowest BCUT2D eigenvalue weighted by atomic mass is 9.87. The molecule has 13 heavy (non-hydrogen) atoms. The molecule has 0 bridgehead atoms. The molecule has 0 saturated heterocycles. The van der Waals surface area contributed by atoms with Crippen molar-refractivity contribution >= 4 is 36.8 Å². The van der Waals surface area contributed by atoms with Gasteiger partial charge in [-0.1, -0.05) is 12.8 Å². The van der Waals surface area contributed by atoms with Crippen molar-refractivity contribution in [1.29, 1.82) is 0 Å². The van der Waals surface area contributed by atoms with Gasteiger partial charge >= 0.3 is 11.9 Å². The van der Waals surface area contributed by atoms with Crippen molar-refractivity contribution < 1.29 is 19.8 Å². The molecule has 0 amide bonds. The molecule has 0 spiro atoms. The fourth-order valence-electron chi connectivity index (χ4n) is 1.50. The predicted molar refractivity (Wildman–Crippen MR) is 50.7 cm³/mol. The van der Waals surface area contributed by atoms with Gasteiger partial charge in [0.15, 0.2) is 5.41 Å². The van der Waals surface area contributed by atoms with Gasteiger partial charge in [-0.3, -0.25) is 9.59 Å². The molecule has 0 heterocycles. The SMILES string of the molecule is Cl.Cl.O=C(O)C1(C(=O)O)CCCC1. The number of halogens is 2. The van der Waals surface area contributed by atoms with Crippen molar-refractivity contribution in [2.75, 3.05) is 0 Å². The lowest BCUT2D eigenvalue weighted by molar-refractivity contribution is -0.164. The molecule has 0 radical (unpaired) electrons. The second-order valence-corrected chi connectivity index (χ2v) is 2.90. The first-order chi connectivity index (χ1) is 5.09. The summed E-state index contributed by atoms with van der Waals surface area (Å²) in [4.78, 5) is 21.2. The van der Waals surface area contributed by atoms with E-state index in [0.29, 0.717) is 12.8 Å². The van der Waals surface area contributed by atoms with Gasteiger partial charge in [0, 0.05) is 0 Å². The lowest BCUT2D eigenvalue weighted by Gasteiger charge is -2.16. The van der Waals surface area contributed by atoms with Gasteiger partial charge in [0.1, 0.15) is 0 Å². The molecule has 1 fully saturated rings. The first-order valence-electron chi connectivity index (χ1n) is 3.56. The lowest BCUT2D eigenvalue weighted by Crippen LogP contribution is -2.36. The normalized spacial score (nSPS) is 18.2. The second kappa shape index (κ2) is 5.29. The van der Waals surface area contributed by atoms with Crippen LogP contribution in [0.2, 0.25) is 0 Å². The second-order valence-electron chi connectivity index (χ2n) is 2.90. The summed E-state index contributed by atoms with van der Waals surface area (Å²) in [5.41, 5.74) is -1.47. The van der Waals surface area contributed by atoms with E-state index in [1.54, 1.807) is 0 Å². The highest BCUT2D eigenvalue weighted by atomic mass is 35.5. The van der Waals surface area contributed by atoms with E-state index in [1.807, 2.05) is 0 Å². The Morgan fingerprint density at radius 3 is 1.38 bits per heavy atom. The Labute approximate surface area is 88.1 Å². The molecule has 0 aromatic carbocycles. The summed E-state index contributed by atoms with van der Waals surface area (Å²) in [5, 5.41) is 17.3. The summed E-state index contributed by atoms with van der Waals surface area (Å²) in [6.07, 6.45) is 1.96. The van der Waals surface area contributed by atoms with Crippen molar-refractivity contribution in [3.8, 4) is 0 Å². The molecular formula is C7H12Cl2O4. The molecule has 4 nitrogen and oxygen atoms in total. The fraction of sp³-hybridized carbons (Fsp3) is 0.714. The number of hydrogen-bond donors (Lipinski definition) is 2. The predicted octanol–water partition coefficient (Wildman–Crippen LogP) is 1.56. The van der Waals surface area contributed by atoms with E-state index in [9.17, 15) is 9.59 Å². The van der Waals surface area contributed by atoms with Crippen LogP contribution in [0, 0.1) is 5.41 Å². The van der Waals surface area contributed by atoms with Gasteiger partial charge in [-0.2, -0.15) is 0 Å². The van der Waals surface area contributed by atoms with Crippen LogP contribution in [0.1, 0.15) is 25.7 Å². The first-order valence-corrected chi connectivity index (χ1v) is 3.56. The maximum absolute atomic E-state index is 10.6. The van der Waals surface area contributed by atoms with Gasteiger partial charge in [0.05, 0.1) is 0 Å². The maximum Gasteiger partial charge on any atom is 0.321 e. The summed E-state index contributed by atoms with van der Waals surface area (Å²) in [6, 6.07) is 0. The number of carbonyl (C=O) groups is 2. The fourth-order valence-corrected chi connectivity index (χ4v) is 1.50. The van der Waals surface area contributed by atoms with E-state index in [4.69, 9.17) is 10.2 Å². The molecule has 1 aliphatic rings. The van der Waals surface area contributed by atoms with E-state index in [-0.39, 0.29) is 37.7 Å². The smallest absolute Gasteiger partial charge is 0.321 e. The minimum absolute atomic E-state index is 0.